The third kappa shape index (κ3) is 2.54. The summed E-state index contributed by atoms with van der Waals surface area (Å²) >= 11 is 0. The number of benzene rings is 1. The molecule has 6 heteroatoms. The molecule has 0 N–H and O–H groups in total. The monoisotopic (exact) mass is 334 g/mol. The van der Waals surface area contributed by atoms with Gasteiger partial charge in [0, 0.05) is 18.3 Å². The van der Waals surface area contributed by atoms with Crippen LogP contribution in [-0.4, -0.2) is 26.4 Å². The molecule has 0 saturated heterocycles. The van der Waals surface area contributed by atoms with Crippen LogP contribution in [0.1, 0.15) is 42.1 Å². The molecule has 3 heterocycles. The SMILES string of the molecule is Cc1cnccc1-n1nc(C2CC2)nc1C1COc2ccccc2O1. The zero-order chi connectivity index (χ0) is 16.8. The number of para-hydroxylation sites is 2. The summed E-state index contributed by atoms with van der Waals surface area (Å²) in [7, 11) is 0. The van der Waals surface area contributed by atoms with Crippen LogP contribution in [0.4, 0.5) is 0 Å². The van der Waals surface area contributed by atoms with E-state index >= 15 is 0 Å². The molecule has 3 aromatic rings. The van der Waals surface area contributed by atoms with Crippen molar-refractivity contribution in [3.05, 3.63) is 59.9 Å². The lowest BCUT2D eigenvalue weighted by atomic mass is 10.2. The molecule has 0 radical (unpaired) electrons. The first-order valence-electron chi connectivity index (χ1n) is 8.56. The molecule has 0 bridgehead atoms. The maximum Gasteiger partial charge on any atom is 0.192 e. The highest BCUT2D eigenvalue weighted by molar-refractivity contribution is 5.42. The number of hydrogen-bond acceptors (Lipinski definition) is 5. The Morgan fingerprint density at radius 2 is 1.96 bits per heavy atom. The molecule has 5 rings (SSSR count). The van der Waals surface area contributed by atoms with Gasteiger partial charge in [-0.25, -0.2) is 9.67 Å². The Kier molecular flexibility index (Phi) is 3.23. The molecule has 1 fully saturated rings. The maximum atomic E-state index is 6.17. The van der Waals surface area contributed by atoms with E-state index in [0.29, 0.717) is 12.5 Å². The predicted octanol–water partition coefficient (Wildman–Crippen LogP) is 3.36. The van der Waals surface area contributed by atoms with Crippen molar-refractivity contribution in [2.45, 2.75) is 31.8 Å². The number of rotatable bonds is 3. The second kappa shape index (κ2) is 5.58. The number of fused-ring (bicyclic) bond motifs is 1. The van der Waals surface area contributed by atoms with E-state index in [0.717, 1.165) is 47.2 Å². The second-order valence-corrected chi connectivity index (χ2v) is 6.54. The van der Waals surface area contributed by atoms with Gasteiger partial charge in [0.2, 0.25) is 0 Å². The Labute approximate surface area is 145 Å². The van der Waals surface area contributed by atoms with Crippen molar-refractivity contribution in [1.82, 2.24) is 19.7 Å². The quantitative estimate of drug-likeness (QED) is 0.735. The Balaban J connectivity index is 1.58. The van der Waals surface area contributed by atoms with Gasteiger partial charge in [-0.05, 0) is 43.5 Å². The molecule has 1 aliphatic heterocycles. The number of aromatic nitrogens is 4. The van der Waals surface area contributed by atoms with Gasteiger partial charge in [0.05, 0.1) is 5.69 Å². The van der Waals surface area contributed by atoms with Crippen LogP contribution in [-0.2, 0) is 0 Å². The van der Waals surface area contributed by atoms with Crippen LogP contribution in [0.5, 0.6) is 11.5 Å². The minimum Gasteiger partial charge on any atom is -0.485 e. The first-order chi connectivity index (χ1) is 12.3. The van der Waals surface area contributed by atoms with Gasteiger partial charge >= 0.3 is 0 Å². The highest BCUT2D eigenvalue weighted by Gasteiger charge is 2.33. The molecule has 6 nitrogen and oxygen atoms in total. The molecule has 1 aliphatic carbocycles. The average Bonchev–Trinajstić information content (AvgIpc) is 3.41. The first kappa shape index (κ1) is 14.5. The number of hydrogen-bond donors (Lipinski definition) is 0. The molecule has 2 aromatic heterocycles. The van der Waals surface area contributed by atoms with Crippen molar-refractivity contribution in [3.8, 4) is 17.2 Å². The lowest BCUT2D eigenvalue weighted by molar-refractivity contribution is 0.0835. The largest absolute Gasteiger partial charge is 0.485 e. The van der Waals surface area contributed by atoms with E-state index in [1.54, 1.807) is 6.20 Å². The standard InChI is InChI=1S/C19H18N4O2/c1-12-10-20-9-8-14(12)23-19(21-18(22-23)13-6-7-13)17-11-24-15-4-2-3-5-16(15)25-17/h2-5,8-10,13,17H,6-7,11H2,1H3. The maximum absolute atomic E-state index is 6.17. The second-order valence-electron chi connectivity index (χ2n) is 6.54. The Bertz CT molecular complexity index is 933. The Morgan fingerprint density at radius 1 is 1.12 bits per heavy atom. The van der Waals surface area contributed by atoms with E-state index in [1.807, 2.05) is 48.1 Å². The average molecular weight is 334 g/mol. The van der Waals surface area contributed by atoms with Gasteiger partial charge < -0.3 is 9.47 Å². The summed E-state index contributed by atoms with van der Waals surface area (Å²) in [6.45, 7) is 2.45. The van der Waals surface area contributed by atoms with Crippen molar-refractivity contribution in [2.24, 2.45) is 0 Å². The van der Waals surface area contributed by atoms with E-state index in [1.165, 1.54) is 0 Å². The molecule has 1 saturated carbocycles. The fourth-order valence-electron chi connectivity index (χ4n) is 3.09. The molecule has 1 atom stereocenters. The number of nitrogens with zero attached hydrogens (tertiary/aromatic N) is 4. The van der Waals surface area contributed by atoms with Crippen molar-refractivity contribution in [2.75, 3.05) is 6.61 Å². The van der Waals surface area contributed by atoms with E-state index < -0.39 is 0 Å². The van der Waals surface area contributed by atoms with Gasteiger partial charge in [-0.3, -0.25) is 4.98 Å². The number of pyridine rings is 1. The summed E-state index contributed by atoms with van der Waals surface area (Å²) in [5.74, 6) is 3.67. The van der Waals surface area contributed by atoms with Crippen LogP contribution < -0.4 is 9.47 Å². The van der Waals surface area contributed by atoms with Gasteiger partial charge in [-0.1, -0.05) is 12.1 Å². The van der Waals surface area contributed by atoms with Crippen molar-refractivity contribution in [1.29, 1.82) is 0 Å². The fourth-order valence-corrected chi connectivity index (χ4v) is 3.09. The van der Waals surface area contributed by atoms with Gasteiger partial charge in [-0.2, -0.15) is 5.10 Å². The number of ether oxygens (including phenoxy) is 2. The van der Waals surface area contributed by atoms with Crippen LogP contribution in [0.3, 0.4) is 0 Å². The molecular weight excluding hydrogens is 316 g/mol. The third-order valence-electron chi connectivity index (χ3n) is 4.61. The van der Waals surface area contributed by atoms with Gasteiger partial charge in [0.25, 0.3) is 0 Å². The topological polar surface area (TPSA) is 62.1 Å². The fraction of sp³-hybridized carbons (Fsp3) is 0.316. The van der Waals surface area contributed by atoms with Crippen molar-refractivity contribution < 1.29 is 9.47 Å². The van der Waals surface area contributed by atoms with E-state index in [4.69, 9.17) is 19.6 Å². The highest BCUT2D eigenvalue weighted by Crippen LogP contribution is 2.40. The van der Waals surface area contributed by atoms with Gasteiger partial charge in [0.1, 0.15) is 6.61 Å². The van der Waals surface area contributed by atoms with Crippen molar-refractivity contribution >= 4 is 0 Å². The normalized spacial score (nSPS) is 19.0. The zero-order valence-corrected chi connectivity index (χ0v) is 13.9. The van der Waals surface area contributed by atoms with Crippen LogP contribution in [0.2, 0.25) is 0 Å². The third-order valence-corrected chi connectivity index (χ3v) is 4.61. The summed E-state index contributed by atoms with van der Waals surface area (Å²) < 4.78 is 13.9. The van der Waals surface area contributed by atoms with Gasteiger partial charge in [0.15, 0.2) is 29.3 Å². The highest BCUT2D eigenvalue weighted by atomic mass is 16.6. The Hall–Kier alpha value is -2.89. The summed E-state index contributed by atoms with van der Waals surface area (Å²) in [6, 6.07) is 9.68. The first-order valence-corrected chi connectivity index (χ1v) is 8.56. The van der Waals surface area contributed by atoms with Crippen LogP contribution in [0, 0.1) is 6.92 Å². The number of aryl methyl sites for hydroxylation is 1. The molecular formula is C19H18N4O2. The molecule has 1 unspecified atom stereocenters. The smallest absolute Gasteiger partial charge is 0.192 e. The molecule has 1 aromatic carbocycles. The van der Waals surface area contributed by atoms with Crippen molar-refractivity contribution in [3.63, 3.8) is 0 Å². The molecule has 126 valence electrons. The predicted molar refractivity (Wildman–Crippen MR) is 91.2 cm³/mol. The molecule has 25 heavy (non-hydrogen) atoms. The summed E-state index contributed by atoms with van der Waals surface area (Å²) in [5, 5.41) is 4.78. The summed E-state index contributed by atoms with van der Waals surface area (Å²) in [6.07, 6.45) is 5.64. The van der Waals surface area contributed by atoms with Crippen LogP contribution in [0.25, 0.3) is 5.69 Å². The zero-order valence-electron chi connectivity index (χ0n) is 13.9. The van der Waals surface area contributed by atoms with Crippen LogP contribution in [0.15, 0.2) is 42.7 Å². The van der Waals surface area contributed by atoms with Crippen LogP contribution >= 0.6 is 0 Å². The minimum absolute atomic E-state index is 0.289. The van der Waals surface area contributed by atoms with E-state index in [2.05, 4.69) is 4.98 Å². The lowest BCUT2D eigenvalue weighted by Crippen LogP contribution is -2.25. The Morgan fingerprint density at radius 3 is 2.76 bits per heavy atom. The molecule has 0 spiro atoms. The minimum atomic E-state index is -0.289. The van der Waals surface area contributed by atoms with E-state index in [9.17, 15) is 0 Å². The van der Waals surface area contributed by atoms with E-state index in [-0.39, 0.29) is 6.10 Å². The van der Waals surface area contributed by atoms with Gasteiger partial charge in [-0.15, -0.1) is 0 Å². The molecule has 0 amide bonds. The molecule has 2 aliphatic rings. The lowest BCUT2D eigenvalue weighted by Gasteiger charge is -2.26. The summed E-state index contributed by atoms with van der Waals surface area (Å²) in [5.41, 5.74) is 2.03. The summed E-state index contributed by atoms with van der Waals surface area (Å²) in [4.78, 5) is 8.99.